The van der Waals surface area contributed by atoms with Crippen molar-refractivity contribution in [2.45, 2.75) is 0 Å². The average Bonchev–Trinajstić information content (AvgIpc) is 2.44. The number of halogens is 3. The third-order valence-electron chi connectivity index (χ3n) is 2.58. The maximum Gasteiger partial charge on any atom is 0.358 e. The Morgan fingerprint density at radius 2 is 2.05 bits per heavy atom. The first-order valence-electron chi connectivity index (χ1n) is 5.43. The Kier molecular flexibility index (Phi) is 4.11. The number of hydrogen-bond donors (Lipinski definition) is 1. The smallest absolute Gasteiger partial charge is 0.358 e. The van der Waals surface area contributed by atoms with E-state index in [2.05, 4.69) is 9.72 Å². The lowest BCUT2D eigenvalue weighted by Gasteiger charge is -2.08. The molecule has 2 aromatic rings. The van der Waals surface area contributed by atoms with Crippen LogP contribution in [0.25, 0.3) is 11.3 Å². The van der Waals surface area contributed by atoms with Gasteiger partial charge in [-0.3, -0.25) is 0 Å². The molecule has 0 atom stereocenters. The van der Waals surface area contributed by atoms with E-state index in [-0.39, 0.29) is 21.4 Å². The summed E-state index contributed by atoms with van der Waals surface area (Å²) in [7, 11) is 1.20. The topological polar surface area (TPSA) is 65.2 Å². The number of benzene rings is 1. The highest BCUT2D eigenvalue weighted by Crippen LogP contribution is 2.29. The third kappa shape index (κ3) is 2.69. The Labute approximate surface area is 124 Å². The van der Waals surface area contributed by atoms with E-state index >= 15 is 0 Å². The quantitative estimate of drug-likeness (QED) is 0.861. The molecule has 2 N–H and O–H groups in total. The zero-order valence-corrected chi connectivity index (χ0v) is 11.8. The first kappa shape index (κ1) is 14.6. The first-order valence-corrected chi connectivity index (χ1v) is 6.19. The van der Waals surface area contributed by atoms with Gasteiger partial charge in [-0.1, -0.05) is 29.3 Å². The molecular weight excluding hydrogens is 306 g/mol. The van der Waals surface area contributed by atoms with E-state index in [0.29, 0.717) is 11.3 Å². The van der Waals surface area contributed by atoms with Crippen LogP contribution in [0.1, 0.15) is 10.5 Å². The summed E-state index contributed by atoms with van der Waals surface area (Å²) in [6, 6.07) is 5.58. The molecule has 0 aliphatic rings. The number of nitrogen functional groups attached to an aromatic ring is 1. The largest absolute Gasteiger partial charge is 0.464 e. The van der Waals surface area contributed by atoms with E-state index in [4.69, 9.17) is 28.9 Å². The van der Waals surface area contributed by atoms with E-state index in [1.807, 2.05) is 0 Å². The second-order valence-electron chi connectivity index (χ2n) is 3.88. The molecule has 0 spiro atoms. The Morgan fingerprint density at radius 3 is 2.65 bits per heavy atom. The number of aromatic nitrogens is 1. The van der Waals surface area contributed by atoms with Crippen molar-refractivity contribution < 1.29 is 13.9 Å². The molecule has 1 aromatic heterocycles. The second-order valence-corrected chi connectivity index (χ2v) is 4.66. The van der Waals surface area contributed by atoms with E-state index in [1.54, 1.807) is 6.07 Å². The number of esters is 1. The van der Waals surface area contributed by atoms with Crippen molar-refractivity contribution in [2.24, 2.45) is 0 Å². The molecule has 2 rings (SSSR count). The molecule has 0 amide bonds. The average molecular weight is 315 g/mol. The van der Waals surface area contributed by atoms with Gasteiger partial charge in [-0.15, -0.1) is 0 Å². The van der Waals surface area contributed by atoms with Crippen molar-refractivity contribution >= 4 is 34.9 Å². The van der Waals surface area contributed by atoms with E-state index in [0.717, 1.165) is 0 Å². The van der Waals surface area contributed by atoms with Crippen LogP contribution in [-0.2, 0) is 4.74 Å². The summed E-state index contributed by atoms with van der Waals surface area (Å²) < 4.78 is 18.0. The maximum absolute atomic E-state index is 13.5. The number of anilines is 1. The highest BCUT2D eigenvalue weighted by atomic mass is 35.5. The summed E-state index contributed by atoms with van der Waals surface area (Å²) >= 11 is 11.5. The summed E-state index contributed by atoms with van der Waals surface area (Å²) in [4.78, 5) is 15.6. The first-order chi connectivity index (χ1) is 9.43. The summed E-state index contributed by atoms with van der Waals surface area (Å²) in [6.45, 7) is 0. The third-order valence-corrected chi connectivity index (χ3v) is 3.28. The Bertz CT molecular complexity index is 692. The molecule has 4 nitrogen and oxygen atoms in total. The highest BCUT2D eigenvalue weighted by molar-refractivity contribution is 6.35. The Balaban J connectivity index is 2.60. The van der Waals surface area contributed by atoms with E-state index in [9.17, 15) is 9.18 Å². The molecule has 0 aliphatic heterocycles. The molecule has 0 saturated carbocycles. The molecular formula is C13H9Cl2FN2O2. The molecule has 0 bridgehead atoms. The van der Waals surface area contributed by atoms with Crippen LogP contribution in [-0.4, -0.2) is 18.1 Å². The number of rotatable bonds is 2. The SMILES string of the molecule is COC(=O)c1nc(-c2ccc(Cl)c(F)c2)cc(N)c1Cl. The highest BCUT2D eigenvalue weighted by Gasteiger charge is 2.17. The standard InChI is InChI=1S/C13H9Cl2FN2O2/c1-20-13(19)12-11(15)9(17)5-10(18-12)6-2-3-7(14)8(16)4-6/h2-5H,1H3,(H2,17,18). The molecule has 1 aromatic carbocycles. The lowest BCUT2D eigenvalue weighted by molar-refractivity contribution is 0.0594. The van der Waals surface area contributed by atoms with Crippen molar-refractivity contribution in [1.82, 2.24) is 4.98 Å². The number of carbonyl (C=O) groups is 1. The van der Waals surface area contributed by atoms with Gasteiger partial charge in [-0.2, -0.15) is 0 Å². The van der Waals surface area contributed by atoms with E-state index in [1.165, 1.54) is 25.3 Å². The fraction of sp³-hybridized carbons (Fsp3) is 0.0769. The summed E-state index contributed by atoms with van der Waals surface area (Å²) in [5, 5.41) is -0.0149. The van der Waals surface area contributed by atoms with Crippen molar-refractivity contribution in [2.75, 3.05) is 12.8 Å². The van der Waals surface area contributed by atoms with Crippen LogP contribution < -0.4 is 5.73 Å². The number of ether oxygens (including phenoxy) is 1. The Morgan fingerprint density at radius 1 is 1.35 bits per heavy atom. The molecule has 20 heavy (non-hydrogen) atoms. The van der Waals surface area contributed by atoms with Crippen molar-refractivity contribution in [3.05, 3.63) is 45.8 Å². The number of methoxy groups -OCH3 is 1. The predicted molar refractivity (Wildman–Crippen MR) is 75.4 cm³/mol. The molecule has 0 aliphatic carbocycles. The minimum absolute atomic E-state index is 0.00460. The predicted octanol–water partition coefficient (Wildman–Crippen LogP) is 3.56. The van der Waals surface area contributed by atoms with Gasteiger partial charge in [-0.25, -0.2) is 14.2 Å². The maximum atomic E-state index is 13.5. The number of carbonyl (C=O) groups excluding carboxylic acids is 1. The van der Waals surface area contributed by atoms with Gasteiger partial charge in [0.1, 0.15) is 5.82 Å². The minimum atomic E-state index is -0.724. The van der Waals surface area contributed by atoms with Crippen molar-refractivity contribution in [3.8, 4) is 11.3 Å². The van der Waals surface area contributed by atoms with Crippen molar-refractivity contribution in [1.29, 1.82) is 0 Å². The summed E-state index contributed by atoms with van der Waals surface area (Å²) in [6.07, 6.45) is 0. The fourth-order valence-electron chi connectivity index (χ4n) is 1.58. The molecule has 7 heteroatoms. The second kappa shape index (κ2) is 5.64. The molecule has 0 unspecified atom stereocenters. The monoisotopic (exact) mass is 314 g/mol. The van der Waals surface area contributed by atoms with Crippen LogP contribution >= 0.6 is 23.2 Å². The van der Waals surface area contributed by atoms with Crippen molar-refractivity contribution in [3.63, 3.8) is 0 Å². The van der Waals surface area contributed by atoms with Crippen LogP contribution in [0.4, 0.5) is 10.1 Å². The summed E-state index contributed by atoms with van der Waals surface area (Å²) in [5.74, 6) is -1.32. The van der Waals surface area contributed by atoms with Crippen LogP contribution in [0.15, 0.2) is 24.3 Å². The van der Waals surface area contributed by atoms with Gasteiger partial charge < -0.3 is 10.5 Å². The van der Waals surface area contributed by atoms with Gasteiger partial charge in [0.2, 0.25) is 0 Å². The molecule has 104 valence electrons. The van der Waals surface area contributed by atoms with Crippen LogP contribution in [0.3, 0.4) is 0 Å². The molecule has 0 radical (unpaired) electrons. The normalized spacial score (nSPS) is 10.4. The fourth-order valence-corrected chi connectivity index (χ4v) is 1.88. The number of nitrogens with two attached hydrogens (primary N) is 1. The van der Waals surface area contributed by atoms with Crippen LogP contribution in [0.2, 0.25) is 10.0 Å². The molecule has 0 saturated heterocycles. The zero-order chi connectivity index (χ0) is 14.9. The van der Waals surface area contributed by atoms with Gasteiger partial charge in [0.15, 0.2) is 5.69 Å². The van der Waals surface area contributed by atoms with Gasteiger partial charge in [0.05, 0.1) is 28.5 Å². The minimum Gasteiger partial charge on any atom is -0.464 e. The van der Waals surface area contributed by atoms with E-state index < -0.39 is 11.8 Å². The number of pyridine rings is 1. The lowest BCUT2D eigenvalue weighted by Crippen LogP contribution is -2.08. The van der Waals surface area contributed by atoms with Gasteiger partial charge in [0.25, 0.3) is 0 Å². The number of nitrogens with zero attached hydrogens (tertiary/aromatic N) is 1. The number of hydrogen-bond acceptors (Lipinski definition) is 4. The Hall–Kier alpha value is -1.85. The van der Waals surface area contributed by atoms with Gasteiger partial charge in [0, 0.05) is 5.56 Å². The lowest BCUT2D eigenvalue weighted by atomic mass is 10.1. The van der Waals surface area contributed by atoms with Gasteiger partial charge >= 0.3 is 5.97 Å². The molecule has 0 fully saturated rings. The van der Waals surface area contributed by atoms with Crippen LogP contribution in [0.5, 0.6) is 0 Å². The van der Waals surface area contributed by atoms with Crippen LogP contribution in [0, 0.1) is 5.82 Å². The molecule has 1 heterocycles. The summed E-state index contributed by atoms with van der Waals surface area (Å²) in [5.41, 5.74) is 6.45. The zero-order valence-electron chi connectivity index (χ0n) is 10.3. The van der Waals surface area contributed by atoms with Gasteiger partial charge in [-0.05, 0) is 18.2 Å².